The first-order chi connectivity index (χ1) is 5.11. The summed E-state index contributed by atoms with van der Waals surface area (Å²) in [6.07, 6.45) is 3.14. The smallest absolute Gasteiger partial charge is 0.0221 e. The summed E-state index contributed by atoms with van der Waals surface area (Å²) in [5.41, 5.74) is 0. The van der Waals surface area contributed by atoms with Crippen LogP contribution in [0.2, 0.25) is 0 Å². The normalized spacial score (nSPS) is 16.5. The summed E-state index contributed by atoms with van der Waals surface area (Å²) in [6, 6.07) is 1.06. The van der Waals surface area contributed by atoms with Crippen LogP contribution in [0.4, 0.5) is 0 Å². The first-order valence-electron chi connectivity index (χ1n) is 4.50. The van der Waals surface area contributed by atoms with Gasteiger partial charge in [0.05, 0.1) is 0 Å². The summed E-state index contributed by atoms with van der Waals surface area (Å²) in [7, 11) is 0. The predicted molar refractivity (Wildman–Crippen MR) is 51.7 cm³/mol. The van der Waals surface area contributed by atoms with Crippen molar-refractivity contribution in [3.63, 3.8) is 0 Å². The summed E-state index contributed by atoms with van der Waals surface area (Å²) >= 11 is 0. The van der Waals surface area contributed by atoms with Gasteiger partial charge in [-0.15, -0.1) is 6.58 Å². The quantitative estimate of drug-likeness (QED) is 0.602. The predicted octanol–water partition coefficient (Wildman–Crippen LogP) is 2.59. The second-order valence-electron chi connectivity index (χ2n) is 3.45. The molecule has 1 N–H and O–H groups in total. The van der Waals surface area contributed by atoms with Gasteiger partial charge < -0.3 is 5.32 Å². The van der Waals surface area contributed by atoms with Gasteiger partial charge in [0, 0.05) is 12.1 Å². The Labute approximate surface area is 70.9 Å². The number of rotatable bonds is 5. The monoisotopic (exact) mass is 155 g/mol. The molecule has 0 aromatic rings. The van der Waals surface area contributed by atoms with Gasteiger partial charge in [0.25, 0.3) is 0 Å². The summed E-state index contributed by atoms with van der Waals surface area (Å²) in [4.78, 5) is 0. The highest BCUT2D eigenvalue weighted by molar-refractivity contribution is 4.84. The van der Waals surface area contributed by atoms with Crippen LogP contribution in [0.3, 0.4) is 0 Å². The first-order valence-corrected chi connectivity index (χ1v) is 4.50. The summed E-state index contributed by atoms with van der Waals surface area (Å²) < 4.78 is 0. The van der Waals surface area contributed by atoms with Crippen molar-refractivity contribution in [2.24, 2.45) is 5.92 Å². The maximum Gasteiger partial charge on any atom is 0.0221 e. The van der Waals surface area contributed by atoms with Crippen LogP contribution in [-0.4, -0.2) is 12.1 Å². The first kappa shape index (κ1) is 10.7. The third-order valence-electron chi connectivity index (χ3n) is 2.08. The van der Waals surface area contributed by atoms with Crippen molar-refractivity contribution >= 4 is 0 Å². The number of nitrogens with one attached hydrogen (secondary N) is 1. The Kier molecular flexibility index (Phi) is 5.22. The lowest BCUT2D eigenvalue weighted by Crippen LogP contribution is -2.38. The van der Waals surface area contributed by atoms with Crippen LogP contribution < -0.4 is 5.32 Å². The van der Waals surface area contributed by atoms with E-state index in [1.165, 1.54) is 6.42 Å². The Hall–Kier alpha value is -0.300. The molecule has 0 amide bonds. The van der Waals surface area contributed by atoms with E-state index >= 15 is 0 Å². The molecule has 0 bridgehead atoms. The molecule has 66 valence electrons. The fourth-order valence-electron chi connectivity index (χ4n) is 1.19. The van der Waals surface area contributed by atoms with Crippen molar-refractivity contribution in [3.05, 3.63) is 12.7 Å². The molecule has 0 fully saturated rings. The average molecular weight is 155 g/mol. The summed E-state index contributed by atoms with van der Waals surface area (Å²) in [5, 5.41) is 3.50. The molecular formula is C10H21N. The molecule has 11 heavy (non-hydrogen) atoms. The summed E-state index contributed by atoms with van der Waals surface area (Å²) in [5.74, 6) is 0.711. The van der Waals surface area contributed by atoms with Gasteiger partial charge in [0.1, 0.15) is 0 Å². The highest BCUT2D eigenvalue weighted by Crippen LogP contribution is 2.06. The molecule has 1 nitrogen and oxygen atoms in total. The number of hydrogen-bond acceptors (Lipinski definition) is 1. The van der Waals surface area contributed by atoms with Crippen LogP contribution in [-0.2, 0) is 0 Å². The molecule has 0 aliphatic heterocycles. The lowest BCUT2D eigenvalue weighted by atomic mass is 10.0. The Balaban J connectivity index is 3.77. The van der Waals surface area contributed by atoms with Crippen LogP contribution in [0, 0.1) is 5.92 Å². The number of hydrogen-bond donors (Lipinski definition) is 1. The molecule has 0 aliphatic rings. The molecule has 0 heterocycles. The highest BCUT2D eigenvalue weighted by atomic mass is 14.9. The van der Waals surface area contributed by atoms with E-state index in [9.17, 15) is 0 Å². The van der Waals surface area contributed by atoms with Crippen molar-refractivity contribution in [2.45, 2.75) is 46.2 Å². The minimum atomic E-state index is 0.433. The van der Waals surface area contributed by atoms with Crippen molar-refractivity contribution in [1.82, 2.24) is 5.32 Å². The zero-order valence-corrected chi connectivity index (χ0v) is 8.22. The van der Waals surface area contributed by atoms with Gasteiger partial charge >= 0.3 is 0 Å². The van der Waals surface area contributed by atoms with E-state index < -0.39 is 0 Å². The molecule has 0 spiro atoms. The molecule has 0 saturated carbocycles. The van der Waals surface area contributed by atoms with Gasteiger partial charge in [0.15, 0.2) is 0 Å². The second kappa shape index (κ2) is 5.36. The zero-order chi connectivity index (χ0) is 8.85. The molecule has 2 atom stereocenters. The fraction of sp³-hybridized carbons (Fsp3) is 0.800. The molecule has 0 aliphatic carbocycles. The van der Waals surface area contributed by atoms with E-state index in [4.69, 9.17) is 0 Å². The lowest BCUT2D eigenvalue weighted by molar-refractivity contribution is 0.374. The Bertz CT molecular complexity index is 107. The van der Waals surface area contributed by atoms with Gasteiger partial charge in [-0.1, -0.05) is 26.8 Å². The second-order valence-corrected chi connectivity index (χ2v) is 3.45. The highest BCUT2D eigenvalue weighted by Gasteiger charge is 2.11. The Morgan fingerprint density at radius 1 is 1.36 bits per heavy atom. The molecule has 1 heteroatoms. The molecular weight excluding hydrogens is 134 g/mol. The average Bonchev–Trinajstić information content (AvgIpc) is 1.99. The Morgan fingerprint density at radius 3 is 2.18 bits per heavy atom. The van der Waals surface area contributed by atoms with Crippen molar-refractivity contribution in [3.8, 4) is 0 Å². The van der Waals surface area contributed by atoms with E-state index in [1.807, 2.05) is 6.08 Å². The van der Waals surface area contributed by atoms with Crippen LogP contribution in [0.5, 0.6) is 0 Å². The van der Waals surface area contributed by atoms with E-state index in [0.717, 1.165) is 0 Å². The maximum absolute atomic E-state index is 3.74. The minimum absolute atomic E-state index is 0.433. The molecule has 0 aromatic carbocycles. The van der Waals surface area contributed by atoms with Gasteiger partial charge in [-0.2, -0.15) is 0 Å². The van der Waals surface area contributed by atoms with Gasteiger partial charge in [-0.3, -0.25) is 0 Å². The molecule has 0 aromatic heterocycles. The standard InChI is InChI=1S/C10H21N/c1-6-9(5)11-10(7-2)8(3)4/h6,8-11H,1,7H2,2-5H3. The van der Waals surface area contributed by atoms with Crippen LogP contribution >= 0.6 is 0 Å². The summed E-state index contributed by atoms with van der Waals surface area (Å²) in [6.45, 7) is 12.6. The fourth-order valence-corrected chi connectivity index (χ4v) is 1.19. The third kappa shape index (κ3) is 4.20. The van der Waals surface area contributed by atoms with E-state index in [0.29, 0.717) is 18.0 Å². The van der Waals surface area contributed by atoms with Crippen LogP contribution in [0.1, 0.15) is 34.1 Å². The largest absolute Gasteiger partial charge is 0.308 e. The van der Waals surface area contributed by atoms with Gasteiger partial charge in [-0.05, 0) is 19.3 Å². The molecule has 2 unspecified atom stereocenters. The minimum Gasteiger partial charge on any atom is -0.308 e. The Morgan fingerprint density at radius 2 is 1.91 bits per heavy atom. The maximum atomic E-state index is 3.74. The SMILES string of the molecule is C=CC(C)NC(CC)C(C)C. The van der Waals surface area contributed by atoms with E-state index in [2.05, 4.69) is 39.6 Å². The zero-order valence-electron chi connectivity index (χ0n) is 8.22. The van der Waals surface area contributed by atoms with E-state index in [-0.39, 0.29) is 0 Å². The third-order valence-corrected chi connectivity index (χ3v) is 2.08. The van der Waals surface area contributed by atoms with Crippen LogP contribution in [0.25, 0.3) is 0 Å². The van der Waals surface area contributed by atoms with Crippen LogP contribution in [0.15, 0.2) is 12.7 Å². The lowest BCUT2D eigenvalue weighted by Gasteiger charge is -2.23. The topological polar surface area (TPSA) is 12.0 Å². The van der Waals surface area contributed by atoms with Crippen molar-refractivity contribution in [1.29, 1.82) is 0 Å². The van der Waals surface area contributed by atoms with Gasteiger partial charge in [0.2, 0.25) is 0 Å². The van der Waals surface area contributed by atoms with E-state index in [1.54, 1.807) is 0 Å². The van der Waals surface area contributed by atoms with Gasteiger partial charge in [-0.25, -0.2) is 0 Å². The molecule has 0 rings (SSSR count). The van der Waals surface area contributed by atoms with Crippen molar-refractivity contribution < 1.29 is 0 Å². The molecule has 0 radical (unpaired) electrons. The van der Waals surface area contributed by atoms with Crippen molar-refractivity contribution in [2.75, 3.05) is 0 Å². The molecule has 0 saturated heterocycles.